The van der Waals surface area contributed by atoms with E-state index in [2.05, 4.69) is 4.72 Å². The van der Waals surface area contributed by atoms with Gasteiger partial charge in [0.1, 0.15) is 0 Å². The van der Waals surface area contributed by atoms with Crippen LogP contribution in [0.15, 0.2) is 0 Å². The van der Waals surface area contributed by atoms with Gasteiger partial charge in [-0.25, -0.2) is 5.14 Å². The number of nitrogens with one attached hydrogen (secondary N) is 1. The quantitative estimate of drug-likeness (QED) is 0.591. The Hall–Kier alpha value is -0.170. The fourth-order valence-electron chi connectivity index (χ4n) is 0.944. The van der Waals surface area contributed by atoms with Gasteiger partial charge in [-0.05, 0) is 25.7 Å². The minimum absolute atomic E-state index is 0.0431. The van der Waals surface area contributed by atoms with Gasteiger partial charge in [0.05, 0.1) is 5.60 Å². The number of hydrogen-bond donors (Lipinski definition) is 3. The molecule has 6 heteroatoms. The van der Waals surface area contributed by atoms with Crippen molar-refractivity contribution in [3.8, 4) is 0 Å². The molecule has 0 radical (unpaired) electrons. The average molecular weight is 224 g/mol. The molecular weight excluding hydrogens is 204 g/mol. The highest BCUT2D eigenvalue weighted by atomic mass is 32.2. The second kappa shape index (κ2) is 5.06. The average Bonchev–Trinajstić information content (AvgIpc) is 1.97. The molecule has 0 saturated heterocycles. The summed E-state index contributed by atoms with van der Waals surface area (Å²) in [5.74, 6) is 0.482. The lowest BCUT2D eigenvalue weighted by atomic mass is 9.96. The molecule has 0 aliphatic heterocycles. The summed E-state index contributed by atoms with van der Waals surface area (Å²) in [6.45, 7) is 5.64. The van der Waals surface area contributed by atoms with E-state index in [9.17, 15) is 13.5 Å². The van der Waals surface area contributed by atoms with E-state index in [1.165, 1.54) is 0 Å². The van der Waals surface area contributed by atoms with Crippen molar-refractivity contribution in [3.63, 3.8) is 0 Å². The molecule has 0 heterocycles. The number of nitrogens with two attached hydrogens (primary N) is 1. The van der Waals surface area contributed by atoms with E-state index in [1.807, 2.05) is 13.8 Å². The van der Waals surface area contributed by atoms with E-state index in [0.29, 0.717) is 12.3 Å². The molecule has 0 aliphatic rings. The van der Waals surface area contributed by atoms with Gasteiger partial charge in [-0.15, -0.1) is 0 Å². The van der Waals surface area contributed by atoms with Crippen LogP contribution in [0.5, 0.6) is 0 Å². The summed E-state index contributed by atoms with van der Waals surface area (Å²) in [4.78, 5) is 0. The van der Waals surface area contributed by atoms with E-state index in [1.54, 1.807) is 6.92 Å². The standard InChI is InChI=1S/C8H20N2O3S/c1-7(2)4-5-8(3,11)6-10-14(9,12)13/h7,10-11H,4-6H2,1-3H3,(H2,9,12,13). The Morgan fingerprint density at radius 3 is 2.36 bits per heavy atom. The zero-order valence-electron chi connectivity index (χ0n) is 8.95. The van der Waals surface area contributed by atoms with Crippen molar-refractivity contribution in [1.82, 2.24) is 4.72 Å². The summed E-state index contributed by atoms with van der Waals surface area (Å²) in [5, 5.41) is 14.5. The van der Waals surface area contributed by atoms with Gasteiger partial charge in [0.15, 0.2) is 0 Å². The molecule has 5 nitrogen and oxygen atoms in total. The first kappa shape index (κ1) is 13.8. The van der Waals surface area contributed by atoms with E-state index >= 15 is 0 Å². The fraction of sp³-hybridized carbons (Fsp3) is 1.00. The summed E-state index contributed by atoms with van der Waals surface area (Å²) < 4.78 is 23.2. The lowest BCUT2D eigenvalue weighted by Crippen LogP contribution is -2.43. The number of aliphatic hydroxyl groups is 1. The molecule has 1 atom stereocenters. The largest absolute Gasteiger partial charge is 0.389 e. The summed E-state index contributed by atoms with van der Waals surface area (Å²) in [6, 6.07) is 0. The molecule has 0 bridgehead atoms. The number of rotatable bonds is 6. The highest BCUT2D eigenvalue weighted by molar-refractivity contribution is 7.87. The van der Waals surface area contributed by atoms with Gasteiger partial charge in [0.25, 0.3) is 10.2 Å². The maximum Gasteiger partial charge on any atom is 0.274 e. The fourth-order valence-corrected chi connectivity index (χ4v) is 1.46. The maximum absolute atomic E-state index is 10.6. The lowest BCUT2D eigenvalue weighted by Gasteiger charge is -2.23. The van der Waals surface area contributed by atoms with Crippen molar-refractivity contribution in [2.24, 2.45) is 11.1 Å². The van der Waals surface area contributed by atoms with E-state index in [4.69, 9.17) is 5.14 Å². The van der Waals surface area contributed by atoms with Crippen LogP contribution in [0.4, 0.5) is 0 Å². The first-order valence-corrected chi connectivity index (χ1v) is 6.17. The molecule has 0 aromatic heterocycles. The molecule has 0 rings (SSSR count). The molecule has 0 aliphatic carbocycles. The summed E-state index contributed by atoms with van der Waals surface area (Å²) >= 11 is 0. The Balaban J connectivity index is 3.95. The SMILES string of the molecule is CC(C)CCC(C)(O)CNS(N)(=O)=O. The van der Waals surface area contributed by atoms with Crippen molar-refractivity contribution >= 4 is 10.2 Å². The van der Waals surface area contributed by atoms with Crippen molar-refractivity contribution in [1.29, 1.82) is 0 Å². The van der Waals surface area contributed by atoms with Crippen molar-refractivity contribution in [2.75, 3.05) is 6.54 Å². The van der Waals surface area contributed by atoms with E-state index < -0.39 is 15.8 Å². The van der Waals surface area contributed by atoms with Crippen LogP contribution in [0.1, 0.15) is 33.6 Å². The maximum atomic E-state index is 10.6. The molecule has 0 aromatic rings. The van der Waals surface area contributed by atoms with Gasteiger partial charge in [-0.2, -0.15) is 13.1 Å². The Morgan fingerprint density at radius 2 is 2.00 bits per heavy atom. The van der Waals surface area contributed by atoms with Crippen LogP contribution in [0.2, 0.25) is 0 Å². The van der Waals surface area contributed by atoms with Crippen molar-refractivity contribution in [2.45, 2.75) is 39.2 Å². The zero-order valence-corrected chi connectivity index (χ0v) is 9.76. The van der Waals surface area contributed by atoms with Crippen molar-refractivity contribution in [3.05, 3.63) is 0 Å². The first-order chi connectivity index (χ1) is 6.12. The Bertz CT molecular complexity index is 260. The molecule has 14 heavy (non-hydrogen) atoms. The van der Waals surface area contributed by atoms with Gasteiger partial charge >= 0.3 is 0 Å². The van der Waals surface area contributed by atoms with E-state index in [0.717, 1.165) is 6.42 Å². The summed E-state index contributed by atoms with van der Waals surface area (Å²) in [5.41, 5.74) is -1.03. The third-order valence-corrected chi connectivity index (χ3v) is 2.46. The first-order valence-electron chi connectivity index (χ1n) is 4.62. The van der Waals surface area contributed by atoms with E-state index in [-0.39, 0.29) is 6.54 Å². The summed E-state index contributed by atoms with van der Waals surface area (Å²) in [7, 11) is -3.71. The third kappa shape index (κ3) is 8.43. The topological polar surface area (TPSA) is 92.4 Å². The third-order valence-electron chi connectivity index (χ3n) is 1.91. The Morgan fingerprint density at radius 1 is 1.50 bits per heavy atom. The molecule has 0 amide bonds. The molecule has 0 fully saturated rings. The highest BCUT2D eigenvalue weighted by Crippen LogP contribution is 2.15. The lowest BCUT2D eigenvalue weighted by molar-refractivity contribution is 0.0506. The molecule has 0 spiro atoms. The van der Waals surface area contributed by atoms with Crippen LogP contribution >= 0.6 is 0 Å². The van der Waals surface area contributed by atoms with Crippen LogP contribution in [0, 0.1) is 5.92 Å². The van der Waals surface area contributed by atoms with Crippen LogP contribution in [-0.4, -0.2) is 25.7 Å². The van der Waals surface area contributed by atoms with Crippen LogP contribution in [0.3, 0.4) is 0 Å². The second-order valence-electron chi connectivity index (χ2n) is 4.30. The zero-order chi connectivity index (χ0) is 11.4. The highest BCUT2D eigenvalue weighted by Gasteiger charge is 2.21. The van der Waals surface area contributed by atoms with Gasteiger partial charge in [-0.1, -0.05) is 13.8 Å². The smallest absolute Gasteiger partial charge is 0.274 e. The minimum Gasteiger partial charge on any atom is -0.389 e. The monoisotopic (exact) mass is 224 g/mol. The van der Waals surface area contributed by atoms with Crippen molar-refractivity contribution < 1.29 is 13.5 Å². The predicted octanol–water partition coefficient (Wildman–Crippen LogP) is -0.0333. The van der Waals surface area contributed by atoms with Crippen LogP contribution in [-0.2, 0) is 10.2 Å². The second-order valence-corrected chi connectivity index (χ2v) is 5.67. The summed E-state index contributed by atoms with van der Waals surface area (Å²) in [6.07, 6.45) is 1.40. The van der Waals surface area contributed by atoms with Gasteiger partial charge in [-0.3, -0.25) is 0 Å². The molecule has 1 unspecified atom stereocenters. The molecule has 0 aromatic carbocycles. The molecule has 0 saturated carbocycles. The number of hydrogen-bond acceptors (Lipinski definition) is 3. The normalized spacial score (nSPS) is 17.0. The Kier molecular flexibility index (Phi) is 5.00. The van der Waals surface area contributed by atoms with Gasteiger partial charge < -0.3 is 5.11 Å². The van der Waals surface area contributed by atoms with Gasteiger partial charge in [0, 0.05) is 6.54 Å². The minimum atomic E-state index is -3.71. The van der Waals surface area contributed by atoms with Gasteiger partial charge in [0.2, 0.25) is 0 Å². The molecule has 4 N–H and O–H groups in total. The predicted molar refractivity (Wildman–Crippen MR) is 55.8 cm³/mol. The molecular formula is C8H20N2O3S. The Labute approximate surface area is 85.9 Å². The van der Waals surface area contributed by atoms with Crippen LogP contribution < -0.4 is 9.86 Å². The molecule has 86 valence electrons. The van der Waals surface area contributed by atoms with Crippen LogP contribution in [0.25, 0.3) is 0 Å².